The van der Waals surface area contributed by atoms with Crippen LogP contribution in [0.1, 0.15) is 18.9 Å². The minimum atomic E-state index is -0.338. The van der Waals surface area contributed by atoms with Crippen LogP contribution in [-0.4, -0.2) is 30.0 Å². The standard InChI is InChI=1S/C16H18N2O3/c1-11(9-15(20)21-2)18-14(19)10-13-6-3-5-12-7-4-8-17-16(12)13/h3-8,11H,9-10H2,1-2H3,(H,18,19). The van der Waals surface area contributed by atoms with Crippen molar-refractivity contribution >= 4 is 22.8 Å². The maximum Gasteiger partial charge on any atom is 0.307 e. The van der Waals surface area contributed by atoms with E-state index in [0.717, 1.165) is 16.5 Å². The van der Waals surface area contributed by atoms with Gasteiger partial charge in [0.2, 0.25) is 5.91 Å². The largest absolute Gasteiger partial charge is 0.469 e. The molecule has 1 aromatic carbocycles. The van der Waals surface area contributed by atoms with Crippen molar-refractivity contribution in [1.29, 1.82) is 0 Å². The second-order valence-electron chi connectivity index (χ2n) is 4.92. The normalized spacial score (nSPS) is 11.9. The number of hydrogen-bond donors (Lipinski definition) is 1. The van der Waals surface area contributed by atoms with Crippen molar-refractivity contribution in [2.24, 2.45) is 0 Å². The predicted octanol–water partition coefficient (Wildman–Crippen LogP) is 1.85. The van der Waals surface area contributed by atoms with E-state index in [1.807, 2.05) is 30.3 Å². The maximum atomic E-state index is 12.0. The zero-order valence-electron chi connectivity index (χ0n) is 12.1. The molecule has 0 spiro atoms. The smallest absolute Gasteiger partial charge is 0.307 e. The third kappa shape index (κ3) is 4.02. The molecule has 0 saturated heterocycles. The van der Waals surface area contributed by atoms with E-state index in [1.54, 1.807) is 13.1 Å². The summed E-state index contributed by atoms with van der Waals surface area (Å²) in [7, 11) is 1.33. The highest BCUT2D eigenvalue weighted by Gasteiger charge is 2.13. The van der Waals surface area contributed by atoms with Gasteiger partial charge in [-0.2, -0.15) is 0 Å². The van der Waals surface area contributed by atoms with E-state index < -0.39 is 0 Å². The molecular formula is C16H18N2O3. The topological polar surface area (TPSA) is 68.3 Å². The number of fused-ring (bicyclic) bond motifs is 1. The van der Waals surface area contributed by atoms with E-state index in [0.29, 0.717) is 0 Å². The number of para-hydroxylation sites is 1. The summed E-state index contributed by atoms with van der Waals surface area (Å²) in [5.41, 5.74) is 1.70. The molecule has 5 nitrogen and oxygen atoms in total. The molecule has 1 unspecified atom stereocenters. The van der Waals surface area contributed by atoms with Gasteiger partial charge in [0, 0.05) is 17.6 Å². The number of pyridine rings is 1. The van der Waals surface area contributed by atoms with Gasteiger partial charge in [-0.25, -0.2) is 0 Å². The first kappa shape index (κ1) is 15.0. The summed E-state index contributed by atoms with van der Waals surface area (Å²) in [6.45, 7) is 1.77. The number of nitrogens with one attached hydrogen (secondary N) is 1. The molecule has 1 heterocycles. The molecule has 1 N–H and O–H groups in total. The third-order valence-electron chi connectivity index (χ3n) is 3.18. The van der Waals surface area contributed by atoms with Crippen LogP contribution >= 0.6 is 0 Å². The molecule has 21 heavy (non-hydrogen) atoms. The molecule has 0 saturated carbocycles. The van der Waals surface area contributed by atoms with Crippen LogP contribution in [0.3, 0.4) is 0 Å². The van der Waals surface area contributed by atoms with Gasteiger partial charge < -0.3 is 10.1 Å². The number of nitrogens with zero attached hydrogens (tertiary/aromatic N) is 1. The number of rotatable bonds is 5. The number of amides is 1. The predicted molar refractivity (Wildman–Crippen MR) is 79.7 cm³/mol. The average molecular weight is 286 g/mol. The Bertz CT molecular complexity index is 650. The van der Waals surface area contributed by atoms with Crippen LogP contribution in [0.5, 0.6) is 0 Å². The Morgan fingerprint density at radius 1 is 1.29 bits per heavy atom. The van der Waals surface area contributed by atoms with Gasteiger partial charge in [0.25, 0.3) is 0 Å². The second-order valence-corrected chi connectivity index (χ2v) is 4.92. The van der Waals surface area contributed by atoms with E-state index >= 15 is 0 Å². The number of esters is 1. The number of hydrogen-bond acceptors (Lipinski definition) is 4. The van der Waals surface area contributed by atoms with Gasteiger partial charge in [-0.05, 0) is 18.6 Å². The zero-order chi connectivity index (χ0) is 15.2. The maximum absolute atomic E-state index is 12.0. The Morgan fingerprint density at radius 2 is 2.05 bits per heavy atom. The lowest BCUT2D eigenvalue weighted by atomic mass is 10.1. The molecule has 1 amide bonds. The van der Waals surface area contributed by atoms with Crippen LogP contribution < -0.4 is 5.32 Å². The van der Waals surface area contributed by atoms with Crippen molar-refractivity contribution in [1.82, 2.24) is 10.3 Å². The van der Waals surface area contributed by atoms with Crippen LogP contribution in [-0.2, 0) is 20.7 Å². The van der Waals surface area contributed by atoms with Gasteiger partial charge in [-0.3, -0.25) is 14.6 Å². The Kier molecular flexibility index (Phi) is 4.87. The number of ether oxygens (including phenoxy) is 1. The van der Waals surface area contributed by atoms with E-state index in [-0.39, 0.29) is 30.8 Å². The summed E-state index contributed by atoms with van der Waals surface area (Å²) in [6, 6.07) is 9.33. The van der Waals surface area contributed by atoms with Gasteiger partial charge in [0.05, 0.1) is 25.5 Å². The van der Waals surface area contributed by atoms with Gasteiger partial charge >= 0.3 is 5.97 Å². The molecule has 0 aliphatic carbocycles. The van der Waals surface area contributed by atoms with E-state index in [1.165, 1.54) is 7.11 Å². The van der Waals surface area contributed by atoms with Crippen molar-refractivity contribution in [3.63, 3.8) is 0 Å². The first-order valence-electron chi connectivity index (χ1n) is 6.79. The molecule has 0 fully saturated rings. The van der Waals surface area contributed by atoms with E-state index in [4.69, 9.17) is 0 Å². The Labute approximate surface area is 123 Å². The molecular weight excluding hydrogens is 268 g/mol. The fourth-order valence-electron chi connectivity index (χ4n) is 2.19. The highest BCUT2D eigenvalue weighted by Crippen LogP contribution is 2.16. The fraction of sp³-hybridized carbons (Fsp3) is 0.312. The Balaban J connectivity index is 2.03. The van der Waals surface area contributed by atoms with Crippen molar-refractivity contribution in [3.05, 3.63) is 42.1 Å². The lowest BCUT2D eigenvalue weighted by Crippen LogP contribution is -2.35. The fourth-order valence-corrected chi connectivity index (χ4v) is 2.19. The van der Waals surface area contributed by atoms with Gasteiger partial charge in [-0.1, -0.05) is 24.3 Å². The van der Waals surface area contributed by atoms with Crippen LogP contribution in [0.25, 0.3) is 10.9 Å². The summed E-state index contributed by atoms with van der Waals surface area (Å²) in [6.07, 6.45) is 2.11. The van der Waals surface area contributed by atoms with Gasteiger partial charge in [-0.15, -0.1) is 0 Å². The minimum Gasteiger partial charge on any atom is -0.469 e. The van der Waals surface area contributed by atoms with Crippen LogP contribution in [0.2, 0.25) is 0 Å². The summed E-state index contributed by atoms with van der Waals surface area (Å²) < 4.78 is 4.58. The third-order valence-corrected chi connectivity index (χ3v) is 3.18. The minimum absolute atomic E-state index is 0.135. The average Bonchev–Trinajstić information content (AvgIpc) is 2.47. The van der Waals surface area contributed by atoms with Gasteiger partial charge in [0.1, 0.15) is 0 Å². The van der Waals surface area contributed by atoms with Gasteiger partial charge in [0.15, 0.2) is 0 Å². The molecule has 2 rings (SSSR count). The van der Waals surface area contributed by atoms with Crippen LogP contribution in [0, 0.1) is 0 Å². The second kappa shape index (κ2) is 6.83. The zero-order valence-corrected chi connectivity index (χ0v) is 12.1. The molecule has 0 bridgehead atoms. The summed E-state index contributed by atoms with van der Waals surface area (Å²) in [5.74, 6) is -0.473. The number of carbonyl (C=O) groups excluding carboxylic acids is 2. The van der Waals surface area contributed by atoms with Crippen LogP contribution in [0.15, 0.2) is 36.5 Å². The van der Waals surface area contributed by atoms with Crippen molar-refractivity contribution in [2.75, 3.05) is 7.11 Å². The molecule has 0 aliphatic rings. The number of benzene rings is 1. The van der Waals surface area contributed by atoms with E-state index in [2.05, 4.69) is 15.0 Å². The number of aromatic nitrogens is 1. The van der Waals surface area contributed by atoms with E-state index in [9.17, 15) is 9.59 Å². The quantitative estimate of drug-likeness (QED) is 0.852. The SMILES string of the molecule is COC(=O)CC(C)NC(=O)Cc1cccc2cccnc12. The Morgan fingerprint density at radius 3 is 2.81 bits per heavy atom. The molecule has 1 atom stereocenters. The molecule has 0 aliphatic heterocycles. The summed E-state index contributed by atoms with van der Waals surface area (Å²) in [5, 5.41) is 3.80. The summed E-state index contributed by atoms with van der Waals surface area (Å²) >= 11 is 0. The first-order chi connectivity index (χ1) is 10.1. The van der Waals surface area contributed by atoms with Crippen molar-refractivity contribution in [2.45, 2.75) is 25.8 Å². The highest BCUT2D eigenvalue weighted by molar-refractivity contribution is 5.87. The molecule has 110 valence electrons. The molecule has 2 aromatic rings. The molecule has 1 aromatic heterocycles. The molecule has 0 radical (unpaired) electrons. The lowest BCUT2D eigenvalue weighted by molar-refractivity contribution is -0.141. The Hall–Kier alpha value is -2.43. The lowest BCUT2D eigenvalue weighted by Gasteiger charge is -2.13. The number of methoxy groups -OCH3 is 1. The number of carbonyl (C=O) groups is 2. The first-order valence-corrected chi connectivity index (χ1v) is 6.79. The highest BCUT2D eigenvalue weighted by atomic mass is 16.5. The van der Waals surface area contributed by atoms with Crippen LogP contribution in [0.4, 0.5) is 0 Å². The molecule has 5 heteroatoms. The summed E-state index contributed by atoms with van der Waals surface area (Å²) in [4.78, 5) is 27.5. The van der Waals surface area contributed by atoms with Crippen molar-refractivity contribution < 1.29 is 14.3 Å². The monoisotopic (exact) mass is 286 g/mol. The van der Waals surface area contributed by atoms with Crippen molar-refractivity contribution in [3.8, 4) is 0 Å².